The Morgan fingerprint density at radius 2 is 1.77 bits per heavy atom. The van der Waals surface area contributed by atoms with Crippen molar-refractivity contribution in [1.82, 2.24) is 19.5 Å². The number of halogens is 3. The molecule has 2 heterocycles. The molecule has 35 heavy (non-hydrogen) atoms. The molecule has 0 saturated heterocycles. The largest absolute Gasteiger partial charge is 0.598 e. The fourth-order valence-corrected chi connectivity index (χ4v) is 5.13. The molecule has 11 heteroatoms. The lowest BCUT2D eigenvalue weighted by atomic mass is 9.95. The molecule has 0 aliphatic heterocycles. The van der Waals surface area contributed by atoms with Gasteiger partial charge in [0.05, 0.1) is 11.6 Å². The molecule has 0 bridgehead atoms. The third-order valence-electron chi connectivity index (χ3n) is 6.17. The predicted octanol–water partition coefficient (Wildman–Crippen LogP) is 5.63. The minimum Gasteiger partial charge on any atom is -0.598 e. The number of anilines is 2. The van der Waals surface area contributed by atoms with Crippen LogP contribution in [0.2, 0.25) is 0 Å². The Balaban J connectivity index is 1.62. The van der Waals surface area contributed by atoms with Crippen molar-refractivity contribution < 1.29 is 17.7 Å². The van der Waals surface area contributed by atoms with Crippen LogP contribution < -0.4 is 15.6 Å². The quantitative estimate of drug-likeness (QED) is 0.374. The van der Waals surface area contributed by atoms with E-state index in [0.717, 1.165) is 31.2 Å². The Hall–Kier alpha value is -2.50. The summed E-state index contributed by atoms with van der Waals surface area (Å²) in [6.07, 6.45) is 2.33. The molecule has 3 N–H and O–H groups in total. The zero-order valence-electron chi connectivity index (χ0n) is 19.9. The van der Waals surface area contributed by atoms with Crippen LogP contribution >= 0.6 is 0 Å². The highest BCUT2D eigenvalue weighted by molar-refractivity contribution is 7.90. The first kappa shape index (κ1) is 25.6. The fourth-order valence-electron chi connectivity index (χ4n) is 4.29. The second-order valence-electron chi connectivity index (χ2n) is 9.87. The van der Waals surface area contributed by atoms with Crippen molar-refractivity contribution >= 4 is 33.8 Å². The van der Waals surface area contributed by atoms with Gasteiger partial charge in [-0.3, -0.25) is 9.48 Å². The Morgan fingerprint density at radius 3 is 2.37 bits per heavy atom. The van der Waals surface area contributed by atoms with E-state index in [4.69, 9.17) is 0 Å². The van der Waals surface area contributed by atoms with Gasteiger partial charge in [0.1, 0.15) is 10.1 Å². The van der Waals surface area contributed by atoms with Crippen LogP contribution in [-0.2, 0) is 11.4 Å². The molecular weight excluding hydrogens is 479 g/mol. The molecule has 0 spiro atoms. The molecule has 1 aliphatic rings. The maximum Gasteiger partial charge on any atom is 0.412 e. The van der Waals surface area contributed by atoms with Crippen molar-refractivity contribution in [2.45, 2.75) is 75.9 Å². The molecule has 190 valence electrons. The molecule has 1 aromatic carbocycles. The molecular formula is C24H30F3N5O2S. The fraction of sp³-hybridized carbons (Fsp3) is 0.500. The van der Waals surface area contributed by atoms with E-state index in [1.54, 1.807) is 27.0 Å². The normalized spacial score (nSPS) is 17.5. The van der Waals surface area contributed by atoms with E-state index >= 15 is 0 Å². The number of pyridine rings is 1. The lowest BCUT2D eigenvalue weighted by Crippen LogP contribution is -2.45. The highest BCUT2D eigenvalue weighted by Crippen LogP contribution is 2.36. The number of alkyl halides is 3. The van der Waals surface area contributed by atoms with E-state index in [-0.39, 0.29) is 17.2 Å². The van der Waals surface area contributed by atoms with Crippen molar-refractivity contribution in [2.24, 2.45) is 0 Å². The summed E-state index contributed by atoms with van der Waals surface area (Å²) >= 11 is -1.91. The molecule has 0 radical (unpaired) electrons. The van der Waals surface area contributed by atoms with E-state index in [1.165, 1.54) is 30.7 Å². The van der Waals surface area contributed by atoms with Gasteiger partial charge < -0.3 is 14.9 Å². The van der Waals surface area contributed by atoms with Gasteiger partial charge in [-0.2, -0.15) is 18.3 Å². The third-order valence-corrected chi connectivity index (χ3v) is 7.73. The number of fused-ring (bicyclic) bond motifs is 1. The highest BCUT2D eigenvalue weighted by atomic mass is 32.2. The smallest absolute Gasteiger partial charge is 0.412 e. The Labute approximate surface area is 204 Å². The van der Waals surface area contributed by atoms with Crippen LogP contribution in [0.4, 0.5) is 24.7 Å². The number of rotatable bonds is 6. The number of benzene rings is 1. The third kappa shape index (κ3) is 5.68. The summed E-state index contributed by atoms with van der Waals surface area (Å²) in [4.78, 5) is 15.3. The van der Waals surface area contributed by atoms with Crippen molar-refractivity contribution in [3.63, 3.8) is 0 Å². The molecule has 3 aromatic rings. The highest BCUT2D eigenvalue weighted by Gasteiger charge is 2.45. The Morgan fingerprint density at radius 1 is 1.11 bits per heavy atom. The topological polar surface area (TPSA) is 97.8 Å². The van der Waals surface area contributed by atoms with Gasteiger partial charge in [0.2, 0.25) is 0 Å². The summed E-state index contributed by atoms with van der Waals surface area (Å²) < 4.78 is 56.8. The van der Waals surface area contributed by atoms with Crippen molar-refractivity contribution in [1.29, 1.82) is 0 Å². The number of hydrogen-bond acceptors (Lipinski definition) is 5. The Bertz CT molecular complexity index is 1210. The van der Waals surface area contributed by atoms with E-state index in [9.17, 15) is 22.5 Å². The molecule has 0 unspecified atom stereocenters. The Kier molecular flexibility index (Phi) is 7.21. The minimum absolute atomic E-state index is 0.0592. The summed E-state index contributed by atoms with van der Waals surface area (Å²) in [5.74, 6) is 0.361. The maximum atomic E-state index is 13.7. The maximum absolute atomic E-state index is 13.7. The van der Waals surface area contributed by atoms with Crippen LogP contribution in [0.1, 0.15) is 70.5 Å². The summed E-state index contributed by atoms with van der Waals surface area (Å²) in [6, 6.07) is 5.60. The van der Waals surface area contributed by atoms with Crippen molar-refractivity contribution in [3.05, 3.63) is 52.4 Å². The van der Waals surface area contributed by atoms with Gasteiger partial charge in [-0.15, -0.1) is 4.72 Å². The van der Waals surface area contributed by atoms with Crippen LogP contribution in [0.3, 0.4) is 0 Å². The van der Waals surface area contributed by atoms with Crippen LogP contribution in [0.15, 0.2) is 41.3 Å². The molecule has 0 amide bonds. The number of aromatic nitrogens is 3. The zero-order valence-corrected chi connectivity index (χ0v) is 20.7. The molecule has 4 rings (SSSR count). The number of aromatic amines is 1. The van der Waals surface area contributed by atoms with Gasteiger partial charge in [-0.1, -0.05) is 31.4 Å². The second kappa shape index (κ2) is 9.87. The van der Waals surface area contributed by atoms with Gasteiger partial charge >= 0.3 is 6.18 Å². The minimum atomic E-state index is -4.63. The van der Waals surface area contributed by atoms with E-state index in [1.807, 2.05) is 10.7 Å². The van der Waals surface area contributed by atoms with Crippen molar-refractivity contribution in [3.8, 4) is 0 Å². The van der Waals surface area contributed by atoms with Gasteiger partial charge in [0.15, 0.2) is 11.9 Å². The summed E-state index contributed by atoms with van der Waals surface area (Å²) in [7, 11) is 0. The van der Waals surface area contributed by atoms with Gasteiger partial charge in [0, 0.05) is 23.2 Å². The number of hydrogen-bond donors (Lipinski definition) is 3. The lowest BCUT2D eigenvalue weighted by Gasteiger charge is -2.29. The molecule has 2 atom stereocenters. The lowest BCUT2D eigenvalue weighted by molar-refractivity contribution is -0.153. The van der Waals surface area contributed by atoms with Crippen LogP contribution in [0, 0.1) is 0 Å². The molecule has 1 aliphatic carbocycles. The number of nitrogens with zero attached hydrogens (tertiary/aromatic N) is 2. The molecule has 1 saturated carbocycles. The number of H-pyrrole nitrogens is 1. The molecule has 1 fully saturated rings. The zero-order chi connectivity index (χ0) is 25.4. The van der Waals surface area contributed by atoms with E-state index in [2.05, 4.69) is 20.1 Å². The summed E-state index contributed by atoms with van der Waals surface area (Å²) in [5, 5.41) is 8.20. The molecule has 7 nitrogen and oxygen atoms in total. The van der Waals surface area contributed by atoms with E-state index < -0.39 is 28.3 Å². The van der Waals surface area contributed by atoms with Gasteiger partial charge in [-0.25, -0.2) is 0 Å². The van der Waals surface area contributed by atoms with Gasteiger partial charge in [-0.05, 0) is 57.4 Å². The van der Waals surface area contributed by atoms with Crippen LogP contribution in [0.25, 0.3) is 10.9 Å². The summed E-state index contributed by atoms with van der Waals surface area (Å²) in [5.41, 5.74) is 0.876. The van der Waals surface area contributed by atoms with Crippen molar-refractivity contribution in [2.75, 3.05) is 5.32 Å². The monoisotopic (exact) mass is 509 g/mol. The van der Waals surface area contributed by atoms with Gasteiger partial charge in [0.25, 0.3) is 5.56 Å². The summed E-state index contributed by atoms with van der Waals surface area (Å²) in [6.45, 7) is 4.82. The SMILES string of the molecule is CC(C)(C)[S@+]([O-])N[C@H](c1ccc(Nc2nn(C3CCCCC3)c3cc[nH]c(=O)c23)cc1)C(F)(F)F. The first-order valence-electron chi connectivity index (χ1n) is 11.7. The average Bonchev–Trinajstić information content (AvgIpc) is 3.17. The average molecular weight is 510 g/mol. The standard InChI is InChI=1S/C24H30F3N5O2S/c1-23(2,3)35(34)31-20(24(25,26)27)15-9-11-16(12-10-15)29-21-19-18(13-14-28-22(19)33)32(30-21)17-7-5-4-6-8-17/h9-14,17,20,31H,4-8H2,1-3H3,(H,28,33)(H,29,30)/t20-,35+/m1/s1. The first-order chi connectivity index (χ1) is 16.4. The van der Waals surface area contributed by atoms with Crippen LogP contribution in [0.5, 0.6) is 0 Å². The molecule has 2 aromatic heterocycles. The predicted molar refractivity (Wildman–Crippen MR) is 132 cm³/mol. The van der Waals surface area contributed by atoms with E-state index in [0.29, 0.717) is 16.9 Å². The second-order valence-corrected chi connectivity index (χ2v) is 11.9. The first-order valence-corrected chi connectivity index (χ1v) is 12.8. The van der Waals surface area contributed by atoms with Crippen LogP contribution in [-0.4, -0.2) is 30.2 Å². The number of nitrogens with one attached hydrogen (secondary N) is 3.